The Hall–Kier alpha value is -2.54. The summed E-state index contributed by atoms with van der Waals surface area (Å²) in [6, 6.07) is 13.8. The van der Waals surface area contributed by atoms with Gasteiger partial charge in [0.05, 0.1) is 12.4 Å². The molecule has 1 unspecified atom stereocenters. The van der Waals surface area contributed by atoms with Crippen LogP contribution in [0, 0.1) is 0 Å². The molecule has 7 heteroatoms. The van der Waals surface area contributed by atoms with Crippen molar-refractivity contribution in [3.8, 4) is 5.75 Å². The van der Waals surface area contributed by atoms with E-state index in [0.717, 1.165) is 11.3 Å². The van der Waals surface area contributed by atoms with E-state index in [1.165, 1.54) is 6.26 Å². The molecule has 0 spiro atoms. The Morgan fingerprint density at radius 3 is 2.07 bits per heavy atom. The van der Waals surface area contributed by atoms with Crippen molar-refractivity contribution in [3.05, 3.63) is 59.7 Å². The fraction of sp³-hybridized carbons (Fsp3) is 0.350. The number of hydrogen-bond donors (Lipinski definition) is 2. The molecular weight excluding hydrogens is 364 g/mol. The Morgan fingerprint density at radius 2 is 1.59 bits per heavy atom. The van der Waals surface area contributed by atoms with Crippen LogP contribution >= 0.6 is 0 Å². The summed E-state index contributed by atoms with van der Waals surface area (Å²) in [4.78, 5) is 11.9. The predicted octanol–water partition coefficient (Wildman–Crippen LogP) is 4.15. The molecular formula is C20H28N2O4S. The van der Waals surface area contributed by atoms with Gasteiger partial charge in [-0.2, -0.15) is 0 Å². The number of anilines is 1. The van der Waals surface area contributed by atoms with Gasteiger partial charge >= 0.3 is 6.03 Å². The van der Waals surface area contributed by atoms with Crippen LogP contribution in [0.4, 0.5) is 10.5 Å². The third kappa shape index (κ3) is 7.30. The van der Waals surface area contributed by atoms with Crippen LogP contribution in [-0.4, -0.2) is 27.8 Å². The molecule has 0 radical (unpaired) electrons. The second-order valence-corrected chi connectivity index (χ2v) is 8.12. The van der Waals surface area contributed by atoms with Crippen molar-refractivity contribution in [1.82, 2.24) is 5.32 Å². The van der Waals surface area contributed by atoms with Crippen molar-refractivity contribution in [2.75, 3.05) is 18.7 Å². The minimum absolute atomic E-state index is 0.334. The molecule has 148 valence electrons. The number of sulfone groups is 1. The van der Waals surface area contributed by atoms with Crippen molar-refractivity contribution < 1.29 is 17.9 Å². The zero-order valence-electron chi connectivity index (χ0n) is 16.4. The monoisotopic (exact) mass is 392 g/mol. The summed E-state index contributed by atoms with van der Waals surface area (Å²) in [6.07, 6.45) is 1.20. The minimum Gasteiger partial charge on any atom is -0.497 e. The molecule has 6 nitrogen and oxygen atoms in total. The number of carbonyl (C=O) groups excluding carboxylic acids is 1. The molecule has 2 aromatic carbocycles. The van der Waals surface area contributed by atoms with Gasteiger partial charge in [0.1, 0.15) is 5.75 Å². The van der Waals surface area contributed by atoms with E-state index >= 15 is 0 Å². The van der Waals surface area contributed by atoms with Crippen LogP contribution in [0.25, 0.3) is 0 Å². The van der Waals surface area contributed by atoms with Crippen LogP contribution in [0.3, 0.4) is 0 Å². The lowest BCUT2D eigenvalue weighted by Gasteiger charge is -2.12. The maximum absolute atomic E-state index is 11.9. The smallest absolute Gasteiger partial charge is 0.319 e. The maximum atomic E-state index is 11.9. The quantitative estimate of drug-likeness (QED) is 0.773. The number of ether oxygens (including phenoxy) is 1. The molecule has 0 heterocycles. The first-order valence-electron chi connectivity index (χ1n) is 8.76. The number of urea groups is 1. The maximum Gasteiger partial charge on any atom is 0.319 e. The van der Waals surface area contributed by atoms with Crippen molar-refractivity contribution in [2.24, 2.45) is 0 Å². The average Bonchev–Trinajstić information content (AvgIpc) is 2.67. The molecule has 0 aromatic heterocycles. The summed E-state index contributed by atoms with van der Waals surface area (Å²) in [5.41, 5.74) is 2.23. The molecule has 0 bridgehead atoms. The van der Waals surface area contributed by atoms with Crippen LogP contribution in [0.15, 0.2) is 48.5 Å². The highest BCUT2D eigenvalue weighted by Crippen LogP contribution is 2.22. The fourth-order valence-electron chi connectivity index (χ4n) is 2.19. The highest BCUT2D eigenvalue weighted by atomic mass is 32.2. The standard InChI is InChI=1S/C18H22N2O4S.C2H6/c1-13(25(3,22)23)15-6-8-16(9-7-15)20-18(21)19-12-14-4-10-17(24-2)11-5-14;1-2/h4-11,13H,12H2,1-3H3,(H2,19,20,21);1-2H3. The highest BCUT2D eigenvalue weighted by molar-refractivity contribution is 7.90. The van der Waals surface area contributed by atoms with E-state index < -0.39 is 15.1 Å². The lowest BCUT2D eigenvalue weighted by molar-refractivity contribution is 0.251. The van der Waals surface area contributed by atoms with Gasteiger partial charge in [-0.1, -0.05) is 38.1 Å². The number of amides is 2. The number of methoxy groups -OCH3 is 1. The van der Waals surface area contributed by atoms with Gasteiger partial charge < -0.3 is 15.4 Å². The summed E-state index contributed by atoms with van der Waals surface area (Å²) < 4.78 is 28.2. The van der Waals surface area contributed by atoms with E-state index in [1.807, 2.05) is 38.1 Å². The average molecular weight is 393 g/mol. The van der Waals surface area contributed by atoms with E-state index in [4.69, 9.17) is 4.74 Å². The number of nitrogens with one attached hydrogen (secondary N) is 2. The molecule has 27 heavy (non-hydrogen) atoms. The largest absolute Gasteiger partial charge is 0.497 e. The van der Waals surface area contributed by atoms with Crippen LogP contribution < -0.4 is 15.4 Å². The number of rotatable bonds is 6. The Labute approximate surface area is 161 Å². The van der Waals surface area contributed by atoms with E-state index in [2.05, 4.69) is 10.6 Å². The SMILES string of the molecule is CC.COc1ccc(CNC(=O)Nc2ccc(C(C)S(C)(=O)=O)cc2)cc1. The lowest BCUT2D eigenvalue weighted by Crippen LogP contribution is -2.28. The molecule has 0 saturated carbocycles. The normalized spacial score (nSPS) is 11.6. The van der Waals surface area contributed by atoms with Gasteiger partial charge in [0.15, 0.2) is 9.84 Å². The molecule has 2 aromatic rings. The molecule has 2 rings (SSSR count). The number of benzene rings is 2. The topological polar surface area (TPSA) is 84.5 Å². The van der Waals surface area contributed by atoms with Gasteiger partial charge in [0.25, 0.3) is 0 Å². The van der Waals surface area contributed by atoms with Crippen molar-refractivity contribution in [2.45, 2.75) is 32.6 Å². The Balaban J connectivity index is 0.00000176. The highest BCUT2D eigenvalue weighted by Gasteiger charge is 2.16. The van der Waals surface area contributed by atoms with Crippen LogP contribution in [0.1, 0.15) is 37.1 Å². The fourth-order valence-corrected chi connectivity index (χ4v) is 2.84. The van der Waals surface area contributed by atoms with Crippen molar-refractivity contribution >= 4 is 21.6 Å². The minimum atomic E-state index is -3.14. The Morgan fingerprint density at radius 1 is 1.04 bits per heavy atom. The van der Waals surface area contributed by atoms with Gasteiger partial charge in [-0.25, -0.2) is 13.2 Å². The Kier molecular flexibility index (Phi) is 8.81. The second kappa shape index (κ2) is 10.6. The van der Waals surface area contributed by atoms with E-state index in [9.17, 15) is 13.2 Å². The van der Waals surface area contributed by atoms with Gasteiger partial charge in [-0.05, 0) is 42.3 Å². The summed E-state index contributed by atoms with van der Waals surface area (Å²) in [5, 5.41) is 4.90. The van der Waals surface area contributed by atoms with Crippen LogP contribution in [0.2, 0.25) is 0 Å². The lowest BCUT2D eigenvalue weighted by atomic mass is 10.1. The van der Waals surface area contributed by atoms with E-state index in [-0.39, 0.29) is 6.03 Å². The first-order valence-corrected chi connectivity index (χ1v) is 10.7. The van der Waals surface area contributed by atoms with Gasteiger partial charge in [0, 0.05) is 18.5 Å². The number of carbonyl (C=O) groups is 1. The summed E-state index contributed by atoms with van der Waals surface area (Å²) in [7, 11) is -1.54. The van der Waals surface area contributed by atoms with Crippen molar-refractivity contribution in [1.29, 1.82) is 0 Å². The number of hydrogen-bond acceptors (Lipinski definition) is 4. The second-order valence-electron chi connectivity index (χ2n) is 5.75. The first kappa shape index (κ1) is 22.5. The summed E-state index contributed by atoms with van der Waals surface area (Å²) in [6.45, 7) is 6.03. The third-order valence-electron chi connectivity index (χ3n) is 3.89. The predicted molar refractivity (Wildman–Crippen MR) is 110 cm³/mol. The molecule has 0 aliphatic heterocycles. The van der Waals surface area contributed by atoms with E-state index in [0.29, 0.717) is 17.8 Å². The van der Waals surface area contributed by atoms with Crippen molar-refractivity contribution in [3.63, 3.8) is 0 Å². The summed E-state index contributed by atoms with van der Waals surface area (Å²) in [5.74, 6) is 0.761. The summed E-state index contributed by atoms with van der Waals surface area (Å²) >= 11 is 0. The molecule has 2 N–H and O–H groups in total. The van der Waals surface area contributed by atoms with E-state index in [1.54, 1.807) is 38.3 Å². The first-order chi connectivity index (χ1) is 12.8. The zero-order chi connectivity index (χ0) is 20.4. The van der Waals surface area contributed by atoms with Gasteiger partial charge in [0.2, 0.25) is 0 Å². The van der Waals surface area contributed by atoms with Gasteiger partial charge in [-0.3, -0.25) is 0 Å². The Bertz CT molecular complexity index is 816. The molecule has 0 saturated heterocycles. The molecule has 2 amide bonds. The van der Waals surface area contributed by atoms with Crippen LogP contribution in [0.5, 0.6) is 5.75 Å². The van der Waals surface area contributed by atoms with Crippen LogP contribution in [-0.2, 0) is 16.4 Å². The zero-order valence-corrected chi connectivity index (χ0v) is 17.3. The molecule has 0 aliphatic carbocycles. The third-order valence-corrected chi connectivity index (χ3v) is 5.45. The molecule has 0 fully saturated rings. The molecule has 0 aliphatic rings. The van der Waals surface area contributed by atoms with Gasteiger partial charge in [-0.15, -0.1) is 0 Å². The molecule has 1 atom stereocenters.